The number of rotatable bonds is 5. The summed E-state index contributed by atoms with van der Waals surface area (Å²) in [5, 5.41) is 0. The molecule has 1 saturated heterocycles. The molecular weight excluding hydrogens is 436 g/mol. The van der Waals surface area contributed by atoms with Gasteiger partial charge in [-0.1, -0.05) is 18.2 Å². The molecule has 2 aromatic carbocycles. The lowest BCUT2D eigenvalue weighted by Gasteiger charge is -2.41. The van der Waals surface area contributed by atoms with Gasteiger partial charge in [0.25, 0.3) is 0 Å². The summed E-state index contributed by atoms with van der Waals surface area (Å²) in [5.41, 5.74) is 7.90. The number of ether oxygens (including phenoxy) is 1. The van der Waals surface area contributed by atoms with Gasteiger partial charge in [-0.05, 0) is 62.6 Å². The van der Waals surface area contributed by atoms with Crippen molar-refractivity contribution in [2.75, 3.05) is 30.4 Å². The Morgan fingerprint density at radius 1 is 1.06 bits per heavy atom. The summed E-state index contributed by atoms with van der Waals surface area (Å²) in [4.78, 5) is 12.2. The van der Waals surface area contributed by atoms with E-state index in [0.29, 0.717) is 54.7 Å². The van der Waals surface area contributed by atoms with Gasteiger partial charge in [-0.3, -0.25) is 0 Å². The van der Waals surface area contributed by atoms with Crippen LogP contribution in [-0.4, -0.2) is 44.2 Å². The number of benzene rings is 2. The minimum absolute atomic E-state index is 0.129. The Labute approximate surface area is 194 Å². The number of sulfone groups is 1. The molecule has 2 N–H and O–H groups in total. The van der Waals surface area contributed by atoms with E-state index in [1.165, 1.54) is 0 Å². The van der Waals surface area contributed by atoms with Crippen LogP contribution in [0, 0.1) is 0 Å². The maximum absolute atomic E-state index is 13.9. The molecule has 2 aliphatic rings. The first-order chi connectivity index (χ1) is 15.9. The van der Waals surface area contributed by atoms with Gasteiger partial charge in [0.05, 0.1) is 29.8 Å². The largest absolute Gasteiger partial charge is 0.399 e. The van der Waals surface area contributed by atoms with E-state index in [2.05, 4.69) is 11.8 Å². The Kier molecular flexibility index (Phi) is 5.58. The molecule has 0 amide bonds. The van der Waals surface area contributed by atoms with E-state index in [4.69, 9.17) is 20.4 Å². The van der Waals surface area contributed by atoms with Crippen LogP contribution in [0.2, 0.25) is 0 Å². The van der Waals surface area contributed by atoms with E-state index in [1.807, 2.05) is 36.4 Å². The van der Waals surface area contributed by atoms with Gasteiger partial charge in [0, 0.05) is 23.9 Å². The molecule has 172 valence electrons. The summed E-state index contributed by atoms with van der Waals surface area (Å²) in [6, 6.07) is 18.1. The average Bonchev–Trinajstić information content (AvgIpc) is 2.79. The van der Waals surface area contributed by atoms with Crippen LogP contribution in [0.5, 0.6) is 0 Å². The van der Waals surface area contributed by atoms with E-state index < -0.39 is 14.6 Å². The number of hydrogen-bond donors (Lipinski definition) is 1. The normalized spacial score (nSPS) is 20.3. The van der Waals surface area contributed by atoms with Crippen LogP contribution >= 0.6 is 0 Å². The highest BCUT2D eigenvalue weighted by molar-refractivity contribution is 7.92. The van der Waals surface area contributed by atoms with Crippen LogP contribution in [0.15, 0.2) is 65.6 Å². The highest BCUT2D eigenvalue weighted by Crippen LogP contribution is 2.51. The SMILES string of the molecule is C[C@H]1COCCN1c1cc(C2(S(=O)(=O)c3ccccc3)CCC2)nc(-c2ccc(N)cc2)n1. The molecule has 2 heterocycles. The molecule has 3 aromatic rings. The van der Waals surface area contributed by atoms with Gasteiger partial charge in [0.1, 0.15) is 10.6 Å². The molecule has 1 aliphatic carbocycles. The lowest BCUT2D eigenvalue weighted by atomic mass is 9.81. The fourth-order valence-electron chi connectivity index (χ4n) is 4.63. The van der Waals surface area contributed by atoms with Gasteiger partial charge >= 0.3 is 0 Å². The van der Waals surface area contributed by atoms with Crippen LogP contribution in [-0.2, 0) is 19.3 Å². The van der Waals surface area contributed by atoms with Crippen molar-refractivity contribution in [3.05, 3.63) is 66.4 Å². The van der Waals surface area contributed by atoms with Gasteiger partial charge in [-0.2, -0.15) is 0 Å². The van der Waals surface area contributed by atoms with Crippen molar-refractivity contribution >= 4 is 21.3 Å². The molecule has 0 radical (unpaired) electrons. The minimum atomic E-state index is -3.64. The smallest absolute Gasteiger partial charge is 0.189 e. The fraction of sp³-hybridized carbons (Fsp3) is 0.360. The second-order valence-electron chi connectivity index (χ2n) is 8.84. The molecule has 7 nitrogen and oxygen atoms in total. The van der Waals surface area contributed by atoms with Gasteiger partial charge in [0.2, 0.25) is 0 Å². The highest BCUT2D eigenvalue weighted by atomic mass is 32.2. The molecule has 1 saturated carbocycles. The average molecular weight is 465 g/mol. The third-order valence-corrected chi connectivity index (χ3v) is 9.28. The van der Waals surface area contributed by atoms with Crippen LogP contribution in [0.3, 0.4) is 0 Å². The third kappa shape index (κ3) is 3.77. The molecule has 1 aromatic heterocycles. The molecular formula is C25H28N4O3S. The Morgan fingerprint density at radius 3 is 2.42 bits per heavy atom. The van der Waals surface area contributed by atoms with Crippen LogP contribution in [0.1, 0.15) is 31.9 Å². The summed E-state index contributed by atoms with van der Waals surface area (Å²) in [7, 11) is -3.64. The van der Waals surface area contributed by atoms with Gasteiger partial charge < -0.3 is 15.4 Å². The molecule has 0 spiro atoms. The van der Waals surface area contributed by atoms with Gasteiger partial charge in [-0.25, -0.2) is 18.4 Å². The van der Waals surface area contributed by atoms with Crippen molar-refractivity contribution in [2.24, 2.45) is 0 Å². The van der Waals surface area contributed by atoms with Crippen LogP contribution < -0.4 is 10.6 Å². The number of nitrogen functional groups attached to an aromatic ring is 1. The third-order valence-electron chi connectivity index (χ3n) is 6.74. The van der Waals surface area contributed by atoms with E-state index in [-0.39, 0.29) is 6.04 Å². The molecule has 5 rings (SSSR count). The lowest BCUT2D eigenvalue weighted by molar-refractivity contribution is 0.0985. The van der Waals surface area contributed by atoms with E-state index in [0.717, 1.165) is 17.8 Å². The topological polar surface area (TPSA) is 98.4 Å². The predicted molar refractivity (Wildman–Crippen MR) is 129 cm³/mol. The molecule has 33 heavy (non-hydrogen) atoms. The van der Waals surface area contributed by atoms with Crippen molar-refractivity contribution < 1.29 is 13.2 Å². The van der Waals surface area contributed by atoms with Crippen molar-refractivity contribution in [1.29, 1.82) is 0 Å². The monoisotopic (exact) mass is 464 g/mol. The van der Waals surface area contributed by atoms with Gasteiger partial charge in [-0.15, -0.1) is 0 Å². The summed E-state index contributed by atoms with van der Waals surface area (Å²) >= 11 is 0. The predicted octanol–water partition coefficient (Wildman–Crippen LogP) is 3.80. The molecule has 0 bridgehead atoms. The quantitative estimate of drug-likeness (QED) is 0.574. The van der Waals surface area contributed by atoms with E-state index >= 15 is 0 Å². The Bertz CT molecular complexity index is 1240. The zero-order valence-electron chi connectivity index (χ0n) is 18.6. The zero-order chi connectivity index (χ0) is 23.1. The minimum Gasteiger partial charge on any atom is -0.399 e. The first-order valence-electron chi connectivity index (χ1n) is 11.3. The number of aromatic nitrogens is 2. The highest BCUT2D eigenvalue weighted by Gasteiger charge is 2.52. The standard InChI is InChI=1S/C25H28N4O3S/c1-18-17-32-15-14-29(18)23-16-22(27-24(28-23)19-8-10-20(26)11-9-19)25(12-5-13-25)33(30,31)21-6-3-2-4-7-21/h2-4,6-11,16,18H,5,12-15,17,26H2,1H3/t18-/m0/s1. The Hall–Kier alpha value is -2.97. The second-order valence-corrected chi connectivity index (χ2v) is 11.1. The molecule has 1 aliphatic heterocycles. The summed E-state index contributed by atoms with van der Waals surface area (Å²) in [6.07, 6.45) is 1.93. The number of nitrogens with zero attached hydrogens (tertiary/aromatic N) is 3. The second kappa shape index (κ2) is 8.43. The molecule has 1 atom stereocenters. The summed E-state index contributed by atoms with van der Waals surface area (Å²) in [6.45, 7) is 3.99. The number of morpholine rings is 1. The number of hydrogen-bond acceptors (Lipinski definition) is 7. The van der Waals surface area contributed by atoms with Crippen molar-refractivity contribution in [3.63, 3.8) is 0 Å². The van der Waals surface area contributed by atoms with Crippen molar-refractivity contribution in [3.8, 4) is 11.4 Å². The lowest BCUT2D eigenvalue weighted by Crippen LogP contribution is -2.46. The Balaban J connectivity index is 1.68. The Morgan fingerprint density at radius 2 is 1.79 bits per heavy atom. The zero-order valence-corrected chi connectivity index (χ0v) is 19.5. The van der Waals surface area contributed by atoms with Crippen LogP contribution in [0.4, 0.5) is 11.5 Å². The molecule has 8 heteroatoms. The fourth-order valence-corrected chi connectivity index (χ4v) is 6.80. The maximum atomic E-state index is 13.9. The maximum Gasteiger partial charge on any atom is 0.189 e. The molecule has 0 unspecified atom stereocenters. The summed E-state index contributed by atoms with van der Waals surface area (Å²) in [5.74, 6) is 1.24. The summed E-state index contributed by atoms with van der Waals surface area (Å²) < 4.78 is 32.3. The van der Waals surface area contributed by atoms with Crippen molar-refractivity contribution in [1.82, 2.24) is 9.97 Å². The first-order valence-corrected chi connectivity index (χ1v) is 12.8. The van der Waals surface area contributed by atoms with E-state index in [1.54, 1.807) is 24.3 Å². The van der Waals surface area contributed by atoms with E-state index in [9.17, 15) is 8.42 Å². The van der Waals surface area contributed by atoms with Gasteiger partial charge in [0.15, 0.2) is 15.7 Å². The number of anilines is 2. The number of nitrogens with two attached hydrogens (primary N) is 1. The molecule has 2 fully saturated rings. The van der Waals surface area contributed by atoms with Crippen LogP contribution in [0.25, 0.3) is 11.4 Å². The first kappa shape index (κ1) is 21.9. The van der Waals surface area contributed by atoms with Crippen molar-refractivity contribution in [2.45, 2.75) is 41.9 Å².